The molecule has 0 aromatic heterocycles. The summed E-state index contributed by atoms with van der Waals surface area (Å²) >= 11 is 0. The van der Waals surface area contributed by atoms with Crippen molar-refractivity contribution in [2.24, 2.45) is 0 Å². The van der Waals surface area contributed by atoms with Gasteiger partial charge in [0.1, 0.15) is 12.6 Å². The van der Waals surface area contributed by atoms with E-state index in [-0.39, 0.29) is 12.0 Å². The Morgan fingerprint density at radius 2 is 2.07 bits per heavy atom. The number of benzene rings is 1. The number of ether oxygens (including phenoxy) is 1. The van der Waals surface area contributed by atoms with Crippen molar-refractivity contribution in [3.63, 3.8) is 0 Å². The normalized spacial score (nSPS) is 23.2. The highest BCUT2D eigenvalue weighted by atomic mass is 16.5. The molecule has 14 heavy (non-hydrogen) atoms. The molecule has 1 fully saturated rings. The van der Waals surface area contributed by atoms with Crippen LogP contribution in [0.5, 0.6) is 0 Å². The monoisotopic (exact) mass is 191 g/mol. The van der Waals surface area contributed by atoms with E-state index in [0.717, 1.165) is 12.1 Å². The number of morpholine rings is 1. The van der Waals surface area contributed by atoms with Gasteiger partial charge >= 0.3 is 5.97 Å². The van der Waals surface area contributed by atoms with Crippen LogP contribution < -0.4 is 0 Å². The molecule has 2 rings (SSSR count). The molecule has 0 N–H and O–H groups in total. The number of likely N-dealkylation sites (N-methyl/N-ethyl adjacent to an activating group) is 1. The van der Waals surface area contributed by atoms with E-state index >= 15 is 0 Å². The lowest BCUT2D eigenvalue weighted by atomic mass is 10.1. The van der Waals surface area contributed by atoms with Crippen molar-refractivity contribution in [1.82, 2.24) is 4.90 Å². The zero-order valence-corrected chi connectivity index (χ0v) is 8.14. The van der Waals surface area contributed by atoms with Gasteiger partial charge in [0.05, 0.1) is 0 Å². The van der Waals surface area contributed by atoms with E-state index in [2.05, 4.69) is 0 Å². The summed E-state index contributed by atoms with van der Waals surface area (Å²) in [4.78, 5) is 13.6. The Labute approximate surface area is 83.3 Å². The second-order valence-corrected chi connectivity index (χ2v) is 3.46. The molecule has 0 bridgehead atoms. The first-order valence-corrected chi connectivity index (χ1v) is 4.71. The Kier molecular flexibility index (Phi) is 2.50. The Hall–Kier alpha value is -1.35. The summed E-state index contributed by atoms with van der Waals surface area (Å²) < 4.78 is 5.03. The van der Waals surface area contributed by atoms with Crippen LogP contribution in [0.1, 0.15) is 11.6 Å². The molecule has 0 radical (unpaired) electrons. The SMILES string of the molecule is CN1CCOC(=O)[C@@H]1c1ccccc1. The summed E-state index contributed by atoms with van der Waals surface area (Å²) in [7, 11) is 1.94. The van der Waals surface area contributed by atoms with E-state index in [4.69, 9.17) is 4.74 Å². The average Bonchev–Trinajstić information content (AvgIpc) is 2.19. The van der Waals surface area contributed by atoms with Gasteiger partial charge in [-0.3, -0.25) is 4.90 Å². The molecule has 0 unspecified atom stereocenters. The molecule has 3 nitrogen and oxygen atoms in total. The fourth-order valence-electron chi connectivity index (χ4n) is 1.70. The Morgan fingerprint density at radius 1 is 1.36 bits per heavy atom. The summed E-state index contributed by atoms with van der Waals surface area (Å²) in [6.45, 7) is 1.30. The van der Waals surface area contributed by atoms with Gasteiger partial charge in [0.25, 0.3) is 0 Å². The van der Waals surface area contributed by atoms with E-state index in [1.807, 2.05) is 42.3 Å². The van der Waals surface area contributed by atoms with Gasteiger partial charge in [-0.2, -0.15) is 0 Å². The van der Waals surface area contributed by atoms with Gasteiger partial charge in [-0.05, 0) is 12.6 Å². The first-order valence-electron chi connectivity index (χ1n) is 4.71. The maximum absolute atomic E-state index is 11.5. The fraction of sp³-hybridized carbons (Fsp3) is 0.364. The van der Waals surface area contributed by atoms with Crippen LogP contribution in [0, 0.1) is 0 Å². The molecule has 1 aliphatic heterocycles. The predicted molar refractivity (Wildman–Crippen MR) is 52.8 cm³/mol. The molecule has 1 aromatic rings. The minimum atomic E-state index is -0.232. The number of hydrogen-bond acceptors (Lipinski definition) is 3. The largest absolute Gasteiger partial charge is 0.463 e. The van der Waals surface area contributed by atoms with Crippen molar-refractivity contribution in [1.29, 1.82) is 0 Å². The third-order valence-electron chi connectivity index (χ3n) is 2.47. The molecule has 0 spiro atoms. The van der Waals surface area contributed by atoms with Crippen LogP contribution in [-0.4, -0.2) is 31.1 Å². The second-order valence-electron chi connectivity index (χ2n) is 3.46. The molecule has 1 heterocycles. The number of rotatable bonds is 1. The Bertz CT molecular complexity index is 323. The smallest absolute Gasteiger partial charge is 0.328 e. The lowest BCUT2D eigenvalue weighted by Gasteiger charge is -2.30. The van der Waals surface area contributed by atoms with E-state index < -0.39 is 0 Å². The summed E-state index contributed by atoms with van der Waals surface area (Å²) in [5.74, 6) is -0.148. The molecule has 0 amide bonds. The fourth-order valence-corrected chi connectivity index (χ4v) is 1.70. The molecule has 1 aromatic carbocycles. The number of nitrogens with zero attached hydrogens (tertiary/aromatic N) is 1. The first kappa shape index (κ1) is 9.21. The zero-order chi connectivity index (χ0) is 9.97. The second kappa shape index (κ2) is 3.80. The van der Waals surface area contributed by atoms with Crippen molar-refractivity contribution in [3.8, 4) is 0 Å². The molecule has 3 heteroatoms. The third kappa shape index (κ3) is 1.63. The number of cyclic esters (lactones) is 1. The summed E-state index contributed by atoms with van der Waals surface area (Å²) in [6, 6.07) is 9.49. The van der Waals surface area contributed by atoms with Gasteiger partial charge in [0.2, 0.25) is 0 Å². The van der Waals surface area contributed by atoms with Crippen LogP contribution in [0.15, 0.2) is 30.3 Å². The zero-order valence-electron chi connectivity index (χ0n) is 8.14. The average molecular weight is 191 g/mol. The molecule has 0 saturated carbocycles. The molecule has 74 valence electrons. The van der Waals surface area contributed by atoms with E-state index in [1.165, 1.54) is 0 Å². The van der Waals surface area contributed by atoms with Gasteiger partial charge in [-0.15, -0.1) is 0 Å². The summed E-state index contributed by atoms with van der Waals surface area (Å²) in [6.07, 6.45) is 0. The van der Waals surface area contributed by atoms with Crippen LogP contribution in [0.3, 0.4) is 0 Å². The predicted octanol–water partition coefficient (Wildman–Crippen LogP) is 1.22. The molecule has 1 aliphatic rings. The summed E-state index contributed by atoms with van der Waals surface area (Å²) in [5.41, 5.74) is 1.000. The van der Waals surface area contributed by atoms with Gasteiger partial charge in [-0.25, -0.2) is 4.79 Å². The van der Waals surface area contributed by atoms with Gasteiger partial charge < -0.3 is 4.74 Å². The van der Waals surface area contributed by atoms with Gasteiger partial charge in [0.15, 0.2) is 0 Å². The van der Waals surface area contributed by atoms with Crippen LogP contribution in [0.4, 0.5) is 0 Å². The van der Waals surface area contributed by atoms with Gasteiger partial charge in [-0.1, -0.05) is 30.3 Å². The number of carbonyl (C=O) groups is 1. The lowest BCUT2D eigenvalue weighted by molar-refractivity contribution is -0.156. The Balaban J connectivity index is 2.27. The van der Waals surface area contributed by atoms with Crippen molar-refractivity contribution >= 4 is 5.97 Å². The van der Waals surface area contributed by atoms with Crippen LogP contribution >= 0.6 is 0 Å². The third-order valence-corrected chi connectivity index (χ3v) is 2.47. The van der Waals surface area contributed by atoms with E-state index in [0.29, 0.717) is 6.61 Å². The van der Waals surface area contributed by atoms with Gasteiger partial charge in [0, 0.05) is 6.54 Å². The first-order chi connectivity index (χ1) is 6.79. The van der Waals surface area contributed by atoms with Crippen LogP contribution in [0.25, 0.3) is 0 Å². The highest BCUT2D eigenvalue weighted by molar-refractivity contribution is 5.78. The number of esters is 1. The maximum atomic E-state index is 11.5. The van der Waals surface area contributed by atoms with E-state index in [9.17, 15) is 4.79 Å². The van der Waals surface area contributed by atoms with Crippen LogP contribution in [-0.2, 0) is 9.53 Å². The minimum Gasteiger partial charge on any atom is -0.463 e. The minimum absolute atomic E-state index is 0.148. The number of carbonyl (C=O) groups excluding carboxylic acids is 1. The molecular formula is C11H13NO2. The quantitative estimate of drug-likeness (QED) is 0.625. The van der Waals surface area contributed by atoms with Crippen molar-refractivity contribution in [2.45, 2.75) is 6.04 Å². The standard InChI is InChI=1S/C11H13NO2/c1-12-7-8-14-11(13)10(12)9-5-3-2-4-6-9/h2-6,10H,7-8H2,1H3/t10-/m0/s1. The van der Waals surface area contributed by atoms with Crippen molar-refractivity contribution in [2.75, 3.05) is 20.2 Å². The summed E-state index contributed by atoms with van der Waals surface area (Å²) in [5, 5.41) is 0. The molecule has 1 saturated heterocycles. The van der Waals surface area contributed by atoms with E-state index in [1.54, 1.807) is 0 Å². The Morgan fingerprint density at radius 3 is 2.71 bits per heavy atom. The topological polar surface area (TPSA) is 29.5 Å². The van der Waals surface area contributed by atoms with Crippen LogP contribution in [0.2, 0.25) is 0 Å². The lowest BCUT2D eigenvalue weighted by Crippen LogP contribution is -2.40. The molecular weight excluding hydrogens is 178 g/mol. The maximum Gasteiger partial charge on any atom is 0.328 e. The molecule has 0 aliphatic carbocycles. The van der Waals surface area contributed by atoms with Crippen molar-refractivity contribution in [3.05, 3.63) is 35.9 Å². The highest BCUT2D eigenvalue weighted by Crippen LogP contribution is 2.23. The highest BCUT2D eigenvalue weighted by Gasteiger charge is 2.29. The number of hydrogen-bond donors (Lipinski definition) is 0. The molecule has 1 atom stereocenters. The van der Waals surface area contributed by atoms with Crippen molar-refractivity contribution < 1.29 is 9.53 Å².